The third-order valence-corrected chi connectivity index (χ3v) is 4.10. The van der Waals surface area contributed by atoms with E-state index in [2.05, 4.69) is 20.5 Å². The van der Waals surface area contributed by atoms with Gasteiger partial charge in [-0.3, -0.25) is 9.89 Å². The second-order valence-corrected chi connectivity index (χ2v) is 6.02. The van der Waals surface area contributed by atoms with E-state index < -0.39 is 0 Å². The Morgan fingerprint density at radius 2 is 1.88 bits per heavy atom. The Hall–Kier alpha value is -3.35. The minimum absolute atomic E-state index is 0.0586. The highest BCUT2D eigenvalue weighted by molar-refractivity contribution is 5.84. The van der Waals surface area contributed by atoms with E-state index in [1.54, 1.807) is 12.1 Å². The summed E-state index contributed by atoms with van der Waals surface area (Å²) >= 11 is 0. The molecule has 1 aromatic heterocycles. The van der Waals surface area contributed by atoms with Crippen LogP contribution in [0.2, 0.25) is 0 Å². The number of carbonyl (C=O) groups is 1. The number of nitrogens with one attached hydrogen (secondary N) is 2. The summed E-state index contributed by atoms with van der Waals surface area (Å²) in [6.45, 7) is 0.437. The number of nitrogen functional groups attached to an aromatic ring is 1. The molecule has 2 aromatic carbocycles. The standard InChI is InChI=1S/C19H21N5O2/c20-19-22-17(23-24-19)10-11-21-18(26)16(14-4-2-1-3-5-14)12-13-6-8-15(25)9-7-13/h1-9,16,25H,10-12H2,(H,21,26)(H3,20,22,23,24). The van der Waals surface area contributed by atoms with E-state index in [1.807, 2.05) is 42.5 Å². The second kappa shape index (κ2) is 8.15. The van der Waals surface area contributed by atoms with Crippen LogP contribution in [0.3, 0.4) is 0 Å². The first-order valence-corrected chi connectivity index (χ1v) is 8.39. The van der Waals surface area contributed by atoms with Crippen molar-refractivity contribution in [3.8, 4) is 5.75 Å². The maximum absolute atomic E-state index is 12.8. The Labute approximate surface area is 151 Å². The Balaban J connectivity index is 1.67. The summed E-state index contributed by atoms with van der Waals surface area (Å²) in [6.07, 6.45) is 1.07. The van der Waals surface area contributed by atoms with E-state index in [1.165, 1.54) is 0 Å². The molecule has 5 N–H and O–H groups in total. The van der Waals surface area contributed by atoms with Gasteiger partial charge in [-0.2, -0.15) is 4.98 Å². The lowest BCUT2D eigenvalue weighted by atomic mass is 9.91. The Morgan fingerprint density at radius 3 is 2.54 bits per heavy atom. The minimum Gasteiger partial charge on any atom is -0.508 e. The summed E-state index contributed by atoms with van der Waals surface area (Å²) in [5.41, 5.74) is 7.40. The van der Waals surface area contributed by atoms with Crippen LogP contribution in [0.1, 0.15) is 22.9 Å². The summed E-state index contributed by atoms with van der Waals surface area (Å²) in [5.74, 6) is 0.663. The van der Waals surface area contributed by atoms with Crippen molar-refractivity contribution in [2.75, 3.05) is 12.3 Å². The van der Waals surface area contributed by atoms with Crippen LogP contribution in [0, 0.1) is 0 Å². The van der Waals surface area contributed by atoms with Gasteiger partial charge in [-0.15, -0.1) is 5.10 Å². The van der Waals surface area contributed by atoms with Gasteiger partial charge in [0, 0.05) is 13.0 Å². The molecule has 1 heterocycles. The molecule has 7 heteroatoms. The summed E-state index contributed by atoms with van der Waals surface area (Å²) in [6, 6.07) is 16.6. The fourth-order valence-electron chi connectivity index (χ4n) is 2.76. The second-order valence-electron chi connectivity index (χ2n) is 6.02. The lowest BCUT2D eigenvalue weighted by molar-refractivity contribution is -0.122. The van der Waals surface area contributed by atoms with Crippen molar-refractivity contribution in [2.24, 2.45) is 0 Å². The highest BCUT2D eigenvalue weighted by Crippen LogP contribution is 2.22. The first kappa shape index (κ1) is 17.5. The minimum atomic E-state index is -0.319. The van der Waals surface area contributed by atoms with Crippen LogP contribution in [-0.2, 0) is 17.6 Å². The number of aromatic hydroxyl groups is 1. The number of benzene rings is 2. The van der Waals surface area contributed by atoms with Crippen molar-refractivity contribution in [1.29, 1.82) is 0 Å². The van der Waals surface area contributed by atoms with Crippen molar-refractivity contribution in [3.63, 3.8) is 0 Å². The molecule has 1 unspecified atom stereocenters. The highest BCUT2D eigenvalue weighted by Gasteiger charge is 2.21. The average molecular weight is 351 g/mol. The predicted octanol–water partition coefficient (Wildman–Crippen LogP) is 1.78. The van der Waals surface area contributed by atoms with Gasteiger partial charge < -0.3 is 16.2 Å². The number of phenolic OH excluding ortho intramolecular Hbond substituents is 1. The Bertz CT molecular complexity index is 846. The molecule has 3 rings (SSSR count). The lowest BCUT2D eigenvalue weighted by Crippen LogP contribution is -2.32. The van der Waals surface area contributed by atoms with Gasteiger partial charge in [0.15, 0.2) is 0 Å². The first-order valence-electron chi connectivity index (χ1n) is 8.39. The molecule has 134 valence electrons. The van der Waals surface area contributed by atoms with Crippen LogP contribution in [0.15, 0.2) is 54.6 Å². The molecule has 0 bridgehead atoms. The van der Waals surface area contributed by atoms with Gasteiger partial charge in [-0.1, -0.05) is 42.5 Å². The van der Waals surface area contributed by atoms with E-state index in [-0.39, 0.29) is 23.5 Å². The largest absolute Gasteiger partial charge is 0.508 e. The van der Waals surface area contributed by atoms with Crippen molar-refractivity contribution < 1.29 is 9.90 Å². The van der Waals surface area contributed by atoms with Crippen molar-refractivity contribution >= 4 is 11.9 Å². The zero-order valence-electron chi connectivity index (χ0n) is 14.2. The van der Waals surface area contributed by atoms with Gasteiger partial charge in [0.05, 0.1) is 5.92 Å². The number of anilines is 1. The zero-order valence-corrected chi connectivity index (χ0v) is 14.2. The van der Waals surface area contributed by atoms with Crippen molar-refractivity contribution in [3.05, 3.63) is 71.5 Å². The average Bonchev–Trinajstić information content (AvgIpc) is 3.07. The quantitative estimate of drug-likeness (QED) is 0.518. The van der Waals surface area contributed by atoms with E-state index in [0.717, 1.165) is 11.1 Å². The Kier molecular flexibility index (Phi) is 5.48. The molecule has 0 aliphatic heterocycles. The van der Waals surface area contributed by atoms with Gasteiger partial charge in [0.1, 0.15) is 11.6 Å². The molecule has 1 amide bonds. The number of aromatic amines is 1. The van der Waals surface area contributed by atoms with Gasteiger partial charge in [-0.25, -0.2) is 0 Å². The number of hydrogen-bond donors (Lipinski definition) is 4. The topological polar surface area (TPSA) is 117 Å². The summed E-state index contributed by atoms with van der Waals surface area (Å²) in [4.78, 5) is 16.8. The number of nitrogens with zero attached hydrogens (tertiary/aromatic N) is 2. The van der Waals surface area contributed by atoms with E-state index >= 15 is 0 Å². The fourth-order valence-corrected chi connectivity index (χ4v) is 2.76. The number of nitrogens with two attached hydrogens (primary N) is 1. The van der Waals surface area contributed by atoms with E-state index in [0.29, 0.717) is 25.2 Å². The summed E-state index contributed by atoms with van der Waals surface area (Å²) in [7, 11) is 0. The SMILES string of the molecule is Nc1n[nH]c(CCNC(=O)C(Cc2ccc(O)cc2)c2ccccc2)n1. The number of aromatic nitrogens is 3. The van der Waals surface area contributed by atoms with Crippen molar-refractivity contribution in [2.45, 2.75) is 18.8 Å². The van der Waals surface area contributed by atoms with E-state index in [4.69, 9.17) is 5.73 Å². The molecular formula is C19H21N5O2. The molecule has 0 fully saturated rings. The van der Waals surface area contributed by atoms with Gasteiger partial charge >= 0.3 is 0 Å². The predicted molar refractivity (Wildman–Crippen MR) is 98.5 cm³/mol. The van der Waals surface area contributed by atoms with Crippen LogP contribution in [0.25, 0.3) is 0 Å². The number of rotatable bonds is 7. The van der Waals surface area contributed by atoms with Gasteiger partial charge in [-0.05, 0) is 29.7 Å². The lowest BCUT2D eigenvalue weighted by Gasteiger charge is -2.17. The monoisotopic (exact) mass is 351 g/mol. The van der Waals surface area contributed by atoms with Gasteiger partial charge in [0.25, 0.3) is 0 Å². The summed E-state index contributed by atoms with van der Waals surface area (Å²) in [5, 5.41) is 18.9. The third kappa shape index (κ3) is 4.60. The van der Waals surface area contributed by atoms with Crippen LogP contribution < -0.4 is 11.1 Å². The molecule has 0 aliphatic rings. The Morgan fingerprint density at radius 1 is 1.15 bits per heavy atom. The van der Waals surface area contributed by atoms with Crippen molar-refractivity contribution in [1.82, 2.24) is 20.5 Å². The molecular weight excluding hydrogens is 330 g/mol. The fraction of sp³-hybridized carbons (Fsp3) is 0.211. The summed E-state index contributed by atoms with van der Waals surface area (Å²) < 4.78 is 0. The van der Waals surface area contributed by atoms with Crippen LogP contribution in [0.5, 0.6) is 5.75 Å². The molecule has 1 atom stereocenters. The maximum atomic E-state index is 12.8. The van der Waals surface area contributed by atoms with Crippen LogP contribution in [0.4, 0.5) is 5.95 Å². The van der Waals surface area contributed by atoms with Crippen LogP contribution >= 0.6 is 0 Å². The van der Waals surface area contributed by atoms with E-state index in [9.17, 15) is 9.90 Å². The van der Waals surface area contributed by atoms with Crippen LogP contribution in [-0.4, -0.2) is 32.7 Å². The molecule has 7 nitrogen and oxygen atoms in total. The number of H-pyrrole nitrogens is 1. The number of phenols is 1. The number of carbonyl (C=O) groups excluding carboxylic acids is 1. The molecule has 0 saturated carbocycles. The molecule has 26 heavy (non-hydrogen) atoms. The first-order chi connectivity index (χ1) is 12.6. The third-order valence-electron chi connectivity index (χ3n) is 4.10. The highest BCUT2D eigenvalue weighted by atomic mass is 16.3. The molecule has 0 spiro atoms. The number of hydrogen-bond acceptors (Lipinski definition) is 5. The normalized spacial score (nSPS) is 11.8. The molecule has 0 aliphatic carbocycles. The number of amides is 1. The molecule has 0 saturated heterocycles. The van der Waals surface area contributed by atoms with Gasteiger partial charge in [0.2, 0.25) is 11.9 Å². The zero-order chi connectivity index (χ0) is 18.4. The molecule has 3 aromatic rings. The maximum Gasteiger partial charge on any atom is 0.239 e. The smallest absolute Gasteiger partial charge is 0.239 e. The molecule has 0 radical (unpaired) electrons.